The molecule has 2 atom stereocenters. The highest BCUT2D eigenvalue weighted by Gasteiger charge is 2.51. The molecule has 0 amide bonds. The van der Waals surface area contributed by atoms with Crippen LogP contribution in [0, 0.1) is 0 Å². The van der Waals surface area contributed by atoms with E-state index in [4.69, 9.17) is 11.6 Å². The van der Waals surface area contributed by atoms with E-state index in [-0.39, 0.29) is 15.6 Å². The predicted octanol–water partition coefficient (Wildman–Crippen LogP) is 4.66. The highest BCUT2D eigenvalue weighted by atomic mass is 35.5. The number of benzene rings is 2. The van der Waals surface area contributed by atoms with Gasteiger partial charge in [0.2, 0.25) is 0 Å². The van der Waals surface area contributed by atoms with Crippen molar-refractivity contribution in [3.8, 4) is 0 Å². The smallest absolute Gasteiger partial charge is 0.376 e. The van der Waals surface area contributed by atoms with Crippen LogP contribution in [0.5, 0.6) is 0 Å². The zero-order chi connectivity index (χ0) is 21.3. The van der Waals surface area contributed by atoms with Crippen molar-refractivity contribution in [1.82, 2.24) is 0 Å². The molecule has 2 aromatic rings. The maximum Gasteiger partial charge on any atom is 0.421 e. The Morgan fingerprint density at radius 3 is 2.11 bits per heavy atom. The van der Waals surface area contributed by atoms with Crippen LogP contribution in [-0.4, -0.2) is 32.4 Å². The van der Waals surface area contributed by atoms with E-state index in [2.05, 4.69) is 0 Å². The van der Waals surface area contributed by atoms with Crippen LogP contribution in [0.1, 0.15) is 19.4 Å². The highest BCUT2D eigenvalue weighted by Crippen LogP contribution is 2.39. The standard InChI is InChI=1S/C18H18ClF4NO3S/c1-12(11-20)24(28(26,27)16-6-4-3-5-15(16)19)14-9-7-13(8-10-14)17(2,25)18(21,22)23/h3-10,12,25H,11H2,1-2H3. The first-order chi connectivity index (χ1) is 12.8. The fourth-order valence-corrected chi connectivity index (χ4v) is 4.68. The lowest BCUT2D eigenvalue weighted by atomic mass is 9.95. The molecule has 2 unspecified atom stereocenters. The maximum atomic E-state index is 13.4. The van der Waals surface area contributed by atoms with Crippen LogP contribution in [0.15, 0.2) is 53.4 Å². The second-order valence-corrected chi connectivity index (χ2v) is 8.54. The fraction of sp³-hybridized carbons (Fsp3) is 0.333. The quantitative estimate of drug-likeness (QED) is 0.666. The van der Waals surface area contributed by atoms with Crippen molar-refractivity contribution in [2.24, 2.45) is 0 Å². The summed E-state index contributed by atoms with van der Waals surface area (Å²) < 4.78 is 79.2. The Labute approximate surface area is 165 Å². The molecule has 0 aliphatic rings. The van der Waals surface area contributed by atoms with Gasteiger partial charge in [-0.1, -0.05) is 35.9 Å². The number of aliphatic hydroxyl groups is 1. The second kappa shape index (κ2) is 7.88. The normalized spacial score (nSPS) is 15.7. The third-order valence-electron chi connectivity index (χ3n) is 4.23. The molecule has 0 heterocycles. The average Bonchev–Trinajstić information content (AvgIpc) is 2.61. The molecule has 28 heavy (non-hydrogen) atoms. The minimum absolute atomic E-state index is 0.0632. The minimum atomic E-state index is -4.93. The highest BCUT2D eigenvalue weighted by molar-refractivity contribution is 7.93. The zero-order valence-electron chi connectivity index (χ0n) is 14.9. The van der Waals surface area contributed by atoms with E-state index in [9.17, 15) is 31.1 Å². The van der Waals surface area contributed by atoms with Gasteiger partial charge in [0.25, 0.3) is 10.0 Å². The summed E-state index contributed by atoms with van der Waals surface area (Å²) in [5.41, 5.74) is -3.66. The summed E-state index contributed by atoms with van der Waals surface area (Å²) in [7, 11) is -4.30. The van der Waals surface area contributed by atoms with Crippen LogP contribution in [0.2, 0.25) is 5.02 Å². The van der Waals surface area contributed by atoms with Crippen molar-refractivity contribution in [1.29, 1.82) is 0 Å². The Morgan fingerprint density at radius 1 is 1.11 bits per heavy atom. The van der Waals surface area contributed by atoms with E-state index in [0.29, 0.717) is 6.92 Å². The van der Waals surface area contributed by atoms with Gasteiger partial charge in [-0.3, -0.25) is 4.31 Å². The molecule has 0 spiro atoms. The molecular weight excluding hydrogens is 422 g/mol. The van der Waals surface area contributed by atoms with Crippen molar-refractivity contribution in [2.75, 3.05) is 11.0 Å². The first-order valence-corrected chi connectivity index (χ1v) is 9.90. The van der Waals surface area contributed by atoms with Gasteiger partial charge in [-0.15, -0.1) is 0 Å². The van der Waals surface area contributed by atoms with Crippen LogP contribution in [0.25, 0.3) is 0 Å². The zero-order valence-corrected chi connectivity index (χ0v) is 16.5. The Kier molecular flexibility index (Phi) is 6.32. The van der Waals surface area contributed by atoms with Gasteiger partial charge < -0.3 is 5.11 Å². The van der Waals surface area contributed by atoms with Crippen molar-refractivity contribution in [2.45, 2.75) is 36.6 Å². The molecule has 4 nitrogen and oxygen atoms in total. The van der Waals surface area contributed by atoms with Crippen LogP contribution in [0.3, 0.4) is 0 Å². The van der Waals surface area contributed by atoms with E-state index >= 15 is 0 Å². The summed E-state index contributed by atoms with van der Waals surface area (Å²) in [4.78, 5) is -0.261. The molecule has 10 heteroatoms. The van der Waals surface area contributed by atoms with Gasteiger partial charge in [-0.05, 0) is 43.7 Å². The largest absolute Gasteiger partial charge is 0.421 e. The molecule has 0 aliphatic carbocycles. The summed E-state index contributed by atoms with van der Waals surface area (Å²) in [6, 6.07) is 8.49. The topological polar surface area (TPSA) is 57.6 Å². The molecule has 0 bridgehead atoms. The molecule has 2 aromatic carbocycles. The van der Waals surface area contributed by atoms with Crippen LogP contribution < -0.4 is 4.31 Å². The average molecular weight is 440 g/mol. The number of halogens is 5. The lowest BCUT2D eigenvalue weighted by Crippen LogP contribution is -2.41. The Hall–Kier alpha value is -1.84. The number of rotatable bonds is 6. The number of hydrogen-bond acceptors (Lipinski definition) is 3. The summed E-state index contributed by atoms with van der Waals surface area (Å²) in [6.07, 6.45) is -4.93. The van der Waals surface area contributed by atoms with E-state index in [1.807, 2.05) is 0 Å². The lowest BCUT2D eigenvalue weighted by molar-refractivity contribution is -0.258. The maximum absolute atomic E-state index is 13.4. The monoisotopic (exact) mass is 439 g/mol. The van der Waals surface area contributed by atoms with Crippen molar-refractivity contribution in [3.63, 3.8) is 0 Å². The Balaban J connectivity index is 2.55. The van der Waals surface area contributed by atoms with Crippen molar-refractivity contribution in [3.05, 3.63) is 59.1 Å². The fourth-order valence-electron chi connectivity index (χ4n) is 2.55. The van der Waals surface area contributed by atoms with Crippen molar-refractivity contribution < 1.29 is 31.1 Å². The SMILES string of the molecule is CC(CF)N(c1ccc(C(C)(O)C(F)(F)F)cc1)S(=O)(=O)c1ccccc1Cl. The number of anilines is 1. The van der Waals surface area contributed by atoms with E-state index < -0.39 is 40.1 Å². The van der Waals surface area contributed by atoms with Gasteiger partial charge in [0.15, 0.2) is 5.60 Å². The summed E-state index contributed by atoms with van der Waals surface area (Å²) in [5.74, 6) is 0. The number of alkyl halides is 4. The molecule has 0 saturated heterocycles. The van der Waals surface area contributed by atoms with E-state index in [0.717, 1.165) is 28.6 Å². The van der Waals surface area contributed by atoms with Crippen LogP contribution in [0.4, 0.5) is 23.2 Å². The summed E-state index contributed by atoms with van der Waals surface area (Å²) in [6.45, 7) is 0.865. The van der Waals surface area contributed by atoms with Gasteiger partial charge in [0, 0.05) is 0 Å². The Bertz CT molecular complexity index is 931. The summed E-state index contributed by atoms with van der Waals surface area (Å²) in [5, 5.41) is 9.67. The molecular formula is C18H18ClF4NO3S. The van der Waals surface area contributed by atoms with Gasteiger partial charge in [0.05, 0.1) is 16.8 Å². The first kappa shape index (κ1) is 22.4. The van der Waals surface area contributed by atoms with Crippen LogP contribution in [-0.2, 0) is 15.6 Å². The third kappa shape index (κ3) is 4.11. The molecule has 0 aromatic heterocycles. The summed E-state index contributed by atoms with van der Waals surface area (Å²) >= 11 is 5.97. The lowest BCUT2D eigenvalue weighted by Gasteiger charge is -2.31. The number of hydrogen-bond donors (Lipinski definition) is 1. The second-order valence-electron chi connectivity index (χ2n) is 6.35. The van der Waals surface area contributed by atoms with Gasteiger partial charge in [0.1, 0.15) is 11.6 Å². The van der Waals surface area contributed by atoms with Gasteiger partial charge in [-0.25, -0.2) is 12.8 Å². The molecule has 0 aliphatic heterocycles. The predicted molar refractivity (Wildman–Crippen MR) is 98.6 cm³/mol. The molecule has 0 radical (unpaired) electrons. The van der Waals surface area contributed by atoms with Gasteiger partial charge >= 0.3 is 6.18 Å². The van der Waals surface area contributed by atoms with Crippen molar-refractivity contribution >= 4 is 27.3 Å². The third-order valence-corrected chi connectivity index (χ3v) is 6.68. The molecule has 0 fully saturated rings. The van der Waals surface area contributed by atoms with Crippen LogP contribution >= 0.6 is 11.6 Å². The number of sulfonamides is 1. The molecule has 1 N–H and O–H groups in total. The molecule has 154 valence electrons. The molecule has 0 saturated carbocycles. The number of nitrogens with zero attached hydrogens (tertiary/aromatic N) is 1. The van der Waals surface area contributed by atoms with E-state index in [1.54, 1.807) is 0 Å². The first-order valence-electron chi connectivity index (χ1n) is 8.08. The van der Waals surface area contributed by atoms with E-state index in [1.165, 1.54) is 31.2 Å². The molecule has 2 rings (SSSR count). The minimum Gasteiger partial charge on any atom is -0.376 e. The van der Waals surface area contributed by atoms with Gasteiger partial charge in [-0.2, -0.15) is 13.2 Å². The Morgan fingerprint density at radius 2 is 1.64 bits per heavy atom.